The number of amides is 1. The zero-order valence-corrected chi connectivity index (χ0v) is 17.9. The third-order valence-corrected chi connectivity index (χ3v) is 5.99. The smallest absolute Gasteiger partial charge is 0.310 e. The van der Waals surface area contributed by atoms with E-state index in [1.165, 1.54) is 6.07 Å². The molecular formula is C23H28F2N2O3. The standard InChI is InChI=1S/C23H28F2N2O3/c1-5-30-23(29)18-7-6-10-26(13-18)22(28)21-15(3)14(2)16(4)27(21)12-17-8-9-19(24)20(25)11-17/h8-9,11,18H,5-7,10,12-13H2,1-4H3. The van der Waals surface area contributed by atoms with Crippen molar-refractivity contribution in [1.29, 1.82) is 0 Å². The summed E-state index contributed by atoms with van der Waals surface area (Å²) in [5.41, 5.74) is 3.85. The SMILES string of the molecule is CCOC(=O)C1CCCN(C(=O)c2c(C)c(C)c(C)n2Cc2ccc(F)c(F)c2)C1. The Morgan fingerprint density at radius 2 is 1.87 bits per heavy atom. The predicted molar refractivity (Wildman–Crippen MR) is 109 cm³/mol. The van der Waals surface area contributed by atoms with Gasteiger partial charge in [0.05, 0.1) is 12.5 Å². The minimum Gasteiger partial charge on any atom is -0.466 e. The van der Waals surface area contributed by atoms with Gasteiger partial charge >= 0.3 is 5.97 Å². The number of ether oxygens (including phenoxy) is 1. The molecule has 0 bridgehead atoms. The number of carbonyl (C=O) groups is 2. The number of nitrogens with zero attached hydrogens (tertiary/aromatic N) is 2. The lowest BCUT2D eigenvalue weighted by molar-refractivity contribution is -0.149. The summed E-state index contributed by atoms with van der Waals surface area (Å²) < 4.78 is 34.0. The van der Waals surface area contributed by atoms with Crippen LogP contribution in [0.15, 0.2) is 18.2 Å². The maximum atomic E-state index is 13.7. The van der Waals surface area contributed by atoms with Crippen molar-refractivity contribution in [3.8, 4) is 0 Å². The molecule has 1 fully saturated rings. The van der Waals surface area contributed by atoms with Crippen molar-refractivity contribution < 1.29 is 23.1 Å². The van der Waals surface area contributed by atoms with Crippen LogP contribution in [0.3, 0.4) is 0 Å². The normalized spacial score (nSPS) is 16.6. The molecule has 30 heavy (non-hydrogen) atoms. The average Bonchev–Trinajstić information content (AvgIpc) is 2.94. The van der Waals surface area contributed by atoms with Crippen LogP contribution in [0.4, 0.5) is 8.78 Å². The first-order valence-corrected chi connectivity index (χ1v) is 10.3. The molecule has 2 heterocycles. The van der Waals surface area contributed by atoms with E-state index in [2.05, 4.69) is 0 Å². The third kappa shape index (κ3) is 4.25. The molecule has 5 nitrogen and oxygen atoms in total. The van der Waals surface area contributed by atoms with E-state index in [9.17, 15) is 18.4 Å². The molecular weight excluding hydrogens is 390 g/mol. The van der Waals surface area contributed by atoms with E-state index in [4.69, 9.17) is 4.74 Å². The number of hydrogen-bond acceptors (Lipinski definition) is 3. The lowest BCUT2D eigenvalue weighted by Crippen LogP contribution is -2.43. The van der Waals surface area contributed by atoms with E-state index in [-0.39, 0.29) is 24.3 Å². The van der Waals surface area contributed by atoms with Gasteiger partial charge in [-0.05, 0) is 69.4 Å². The maximum absolute atomic E-state index is 13.7. The molecule has 0 N–H and O–H groups in total. The fraction of sp³-hybridized carbons (Fsp3) is 0.478. The fourth-order valence-electron chi connectivity index (χ4n) is 4.08. The minimum atomic E-state index is -0.910. The van der Waals surface area contributed by atoms with Crippen LogP contribution < -0.4 is 0 Å². The summed E-state index contributed by atoms with van der Waals surface area (Å²) in [5.74, 6) is -2.55. The maximum Gasteiger partial charge on any atom is 0.310 e. The summed E-state index contributed by atoms with van der Waals surface area (Å²) in [6, 6.07) is 3.78. The third-order valence-electron chi connectivity index (χ3n) is 5.99. The van der Waals surface area contributed by atoms with Crippen LogP contribution in [-0.4, -0.2) is 41.0 Å². The monoisotopic (exact) mass is 418 g/mol. The Bertz CT molecular complexity index is 968. The molecule has 0 saturated carbocycles. The summed E-state index contributed by atoms with van der Waals surface area (Å²) in [6.45, 7) is 8.99. The number of piperidine rings is 1. The first kappa shape index (κ1) is 22.0. The van der Waals surface area contributed by atoms with Gasteiger partial charge < -0.3 is 14.2 Å². The van der Waals surface area contributed by atoms with Gasteiger partial charge in [0.15, 0.2) is 11.6 Å². The summed E-state index contributed by atoms with van der Waals surface area (Å²) in [4.78, 5) is 27.3. The number of halogens is 2. The zero-order valence-electron chi connectivity index (χ0n) is 17.9. The first-order valence-electron chi connectivity index (χ1n) is 10.3. The molecule has 1 saturated heterocycles. The minimum absolute atomic E-state index is 0.153. The highest BCUT2D eigenvalue weighted by Crippen LogP contribution is 2.27. The van der Waals surface area contributed by atoms with Crippen molar-refractivity contribution in [2.24, 2.45) is 5.92 Å². The molecule has 0 aliphatic carbocycles. The Balaban J connectivity index is 1.91. The highest BCUT2D eigenvalue weighted by molar-refractivity contribution is 5.95. The van der Waals surface area contributed by atoms with E-state index >= 15 is 0 Å². The van der Waals surface area contributed by atoms with Crippen LogP contribution in [0.25, 0.3) is 0 Å². The lowest BCUT2D eigenvalue weighted by Gasteiger charge is -2.32. The number of esters is 1. The van der Waals surface area contributed by atoms with Gasteiger partial charge in [-0.25, -0.2) is 8.78 Å². The van der Waals surface area contributed by atoms with Crippen LogP contribution in [0.2, 0.25) is 0 Å². The molecule has 7 heteroatoms. The van der Waals surface area contributed by atoms with Crippen LogP contribution >= 0.6 is 0 Å². The van der Waals surface area contributed by atoms with Gasteiger partial charge in [0.2, 0.25) is 0 Å². The van der Waals surface area contributed by atoms with Gasteiger partial charge in [0, 0.05) is 25.3 Å². The molecule has 162 valence electrons. The van der Waals surface area contributed by atoms with E-state index in [0.29, 0.717) is 37.4 Å². The number of likely N-dealkylation sites (tertiary alicyclic amines) is 1. The number of hydrogen-bond donors (Lipinski definition) is 0. The second-order valence-electron chi connectivity index (χ2n) is 7.86. The molecule has 1 aliphatic rings. The molecule has 1 unspecified atom stereocenters. The topological polar surface area (TPSA) is 51.5 Å². The molecule has 1 amide bonds. The highest BCUT2D eigenvalue weighted by atomic mass is 19.2. The highest BCUT2D eigenvalue weighted by Gasteiger charge is 2.32. The molecule has 2 aromatic rings. The van der Waals surface area contributed by atoms with Gasteiger partial charge in [0.25, 0.3) is 5.91 Å². The Hall–Kier alpha value is -2.70. The second kappa shape index (κ2) is 8.98. The van der Waals surface area contributed by atoms with Gasteiger partial charge in [-0.15, -0.1) is 0 Å². The first-order chi connectivity index (χ1) is 14.2. The van der Waals surface area contributed by atoms with Gasteiger partial charge in [-0.1, -0.05) is 6.07 Å². The van der Waals surface area contributed by atoms with E-state index in [1.54, 1.807) is 11.8 Å². The van der Waals surface area contributed by atoms with E-state index in [1.807, 2.05) is 25.3 Å². The number of benzene rings is 1. The Morgan fingerprint density at radius 1 is 1.13 bits per heavy atom. The summed E-state index contributed by atoms with van der Waals surface area (Å²) >= 11 is 0. The number of aromatic nitrogens is 1. The Kier molecular flexibility index (Phi) is 6.58. The van der Waals surface area contributed by atoms with Crippen LogP contribution in [-0.2, 0) is 16.1 Å². The molecule has 0 radical (unpaired) electrons. The van der Waals surface area contributed by atoms with Crippen molar-refractivity contribution in [2.45, 2.75) is 47.1 Å². The van der Waals surface area contributed by atoms with Crippen LogP contribution in [0, 0.1) is 38.3 Å². The zero-order chi connectivity index (χ0) is 22.0. The molecule has 1 aliphatic heterocycles. The molecule has 3 rings (SSSR count). The van der Waals surface area contributed by atoms with E-state index < -0.39 is 11.6 Å². The van der Waals surface area contributed by atoms with Gasteiger partial charge in [-0.2, -0.15) is 0 Å². The number of rotatable bonds is 5. The molecule has 1 atom stereocenters. The van der Waals surface area contributed by atoms with E-state index in [0.717, 1.165) is 35.4 Å². The van der Waals surface area contributed by atoms with Gasteiger partial charge in [-0.3, -0.25) is 9.59 Å². The summed E-state index contributed by atoms with van der Waals surface area (Å²) in [6.07, 6.45) is 1.44. The van der Waals surface area contributed by atoms with Crippen LogP contribution in [0.1, 0.15) is 52.6 Å². The second-order valence-corrected chi connectivity index (χ2v) is 7.86. The van der Waals surface area contributed by atoms with Crippen molar-refractivity contribution in [3.63, 3.8) is 0 Å². The number of carbonyl (C=O) groups excluding carboxylic acids is 2. The van der Waals surface area contributed by atoms with Crippen molar-refractivity contribution in [3.05, 3.63) is 57.9 Å². The summed E-state index contributed by atoms with van der Waals surface area (Å²) in [7, 11) is 0. The largest absolute Gasteiger partial charge is 0.466 e. The quantitative estimate of drug-likeness (QED) is 0.686. The molecule has 0 spiro atoms. The Labute approximate surface area is 175 Å². The fourth-order valence-corrected chi connectivity index (χ4v) is 4.08. The van der Waals surface area contributed by atoms with Crippen molar-refractivity contribution in [2.75, 3.05) is 19.7 Å². The Morgan fingerprint density at radius 3 is 2.53 bits per heavy atom. The average molecular weight is 418 g/mol. The predicted octanol–water partition coefficient (Wildman–Crippen LogP) is 4.16. The molecule has 1 aromatic heterocycles. The van der Waals surface area contributed by atoms with Crippen molar-refractivity contribution in [1.82, 2.24) is 9.47 Å². The lowest BCUT2D eigenvalue weighted by atomic mass is 9.97. The van der Waals surface area contributed by atoms with Crippen LogP contribution in [0.5, 0.6) is 0 Å². The van der Waals surface area contributed by atoms with Gasteiger partial charge in [0.1, 0.15) is 5.69 Å². The summed E-state index contributed by atoms with van der Waals surface area (Å²) in [5, 5.41) is 0. The molecule has 1 aromatic carbocycles. The van der Waals surface area contributed by atoms with Crippen molar-refractivity contribution >= 4 is 11.9 Å².